The summed E-state index contributed by atoms with van der Waals surface area (Å²) < 4.78 is 12.0. The van der Waals surface area contributed by atoms with Crippen molar-refractivity contribution in [2.24, 2.45) is 0 Å². The number of carbonyl (C=O) groups excluding carboxylic acids is 1. The fraction of sp³-hybridized carbons (Fsp3) is 0.233. The Balaban J connectivity index is 1.44. The highest BCUT2D eigenvalue weighted by Crippen LogP contribution is 2.32. The van der Waals surface area contributed by atoms with Crippen molar-refractivity contribution in [3.63, 3.8) is 0 Å². The zero-order valence-corrected chi connectivity index (χ0v) is 19.5. The lowest BCUT2D eigenvalue weighted by Gasteiger charge is -2.29. The minimum atomic E-state index is -0.579. The van der Waals surface area contributed by atoms with E-state index in [9.17, 15) is 9.90 Å². The molecular formula is C30H29NO4. The molecule has 2 N–H and O–H groups in total. The maximum absolute atomic E-state index is 12.9. The van der Waals surface area contributed by atoms with Crippen molar-refractivity contribution in [2.45, 2.75) is 38.3 Å². The van der Waals surface area contributed by atoms with Crippen LogP contribution in [0, 0.1) is 12.3 Å². The number of carbonyl (C=O) groups is 1. The first-order valence-corrected chi connectivity index (χ1v) is 11.7. The summed E-state index contributed by atoms with van der Waals surface area (Å²) in [4.78, 5) is 12.9. The van der Waals surface area contributed by atoms with Gasteiger partial charge in [0.2, 0.25) is 6.29 Å². The van der Waals surface area contributed by atoms with Crippen LogP contribution >= 0.6 is 0 Å². The molecule has 0 saturated carbocycles. The Labute approximate surface area is 206 Å². The van der Waals surface area contributed by atoms with Crippen molar-refractivity contribution in [2.75, 3.05) is 6.54 Å². The highest BCUT2D eigenvalue weighted by Gasteiger charge is 2.28. The van der Waals surface area contributed by atoms with Crippen LogP contribution in [0.4, 0.5) is 0 Å². The molecule has 0 bridgehead atoms. The summed E-state index contributed by atoms with van der Waals surface area (Å²) in [7, 11) is 0. The molecule has 1 aliphatic heterocycles. The molecule has 4 rings (SSSR count). The zero-order chi connectivity index (χ0) is 24.5. The van der Waals surface area contributed by atoms with Crippen molar-refractivity contribution in [3.8, 4) is 12.3 Å². The highest BCUT2D eigenvalue weighted by molar-refractivity contribution is 5.91. The van der Waals surface area contributed by atoms with Crippen molar-refractivity contribution in [3.05, 3.63) is 119 Å². The SMILES string of the molecule is C#Cc1ccc([C@@H]2C=C(C(=O)NCCc3ccccc3)O[C@H](OCc3ccc(CO)cc3)C2)cc1. The van der Waals surface area contributed by atoms with E-state index < -0.39 is 6.29 Å². The predicted molar refractivity (Wildman–Crippen MR) is 135 cm³/mol. The molecule has 1 aliphatic rings. The average molecular weight is 468 g/mol. The van der Waals surface area contributed by atoms with Crippen LogP contribution in [-0.4, -0.2) is 23.8 Å². The van der Waals surface area contributed by atoms with Crippen LogP contribution in [0.1, 0.15) is 40.2 Å². The topological polar surface area (TPSA) is 67.8 Å². The van der Waals surface area contributed by atoms with Crippen LogP contribution in [-0.2, 0) is 33.9 Å². The van der Waals surface area contributed by atoms with Crippen LogP contribution in [0.25, 0.3) is 0 Å². The fourth-order valence-corrected chi connectivity index (χ4v) is 3.96. The third-order valence-corrected chi connectivity index (χ3v) is 5.97. The van der Waals surface area contributed by atoms with Gasteiger partial charge in [-0.15, -0.1) is 6.42 Å². The minimum absolute atomic E-state index is 0.000554. The van der Waals surface area contributed by atoms with E-state index in [4.69, 9.17) is 15.9 Å². The Morgan fingerprint density at radius 1 is 1.00 bits per heavy atom. The number of allylic oxidation sites excluding steroid dienone is 1. The number of terminal acetylenes is 1. The fourth-order valence-electron chi connectivity index (χ4n) is 3.96. The molecule has 1 amide bonds. The first kappa shape index (κ1) is 24.3. The van der Waals surface area contributed by atoms with Crippen LogP contribution in [0.5, 0.6) is 0 Å². The van der Waals surface area contributed by atoms with Gasteiger partial charge < -0.3 is 19.9 Å². The second-order valence-corrected chi connectivity index (χ2v) is 8.46. The molecule has 178 valence electrons. The summed E-state index contributed by atoms with van der Waals surface area (Å²) in [6, 6.07) is 25.3. The van der Waals surface area contributed by atoms with Crippen molar-refractivity contribution < 1.29 is 19.4 Å². The summed E-state index contributed by atoms with van der Waals surface area (Å²) in [6.45, 7) is 0.844. The second-order valence-electron chi connectivity index (χ2n) is 8.46. The Bertz CT molecular complexity index is 1180. The summed E-state index contributed by atoms with van der Waals surface area (Å²) in [5.74, 6) is 2.59. The molecule has 3 aromatic carbocycles. The molecule has 0 aliphatic carbocycles. The number of amides is 1. The molecular weight excluding hydrogens is 438 g/mol. The molecule has 0 unspecified atom stereocenters. The third-order valence-electron chi connectivity index (χ3n) is 5.97. The smallest absolute Gasteiger partial charge is 0.286 e. The molecule has 5 nitrogen and oxygen atoms in total. The summed E-state index contributed by atoms with van der Waals surface area (Å²) in [5, 5.41) is 12.2. The van der Waals surface area contributed by atoms with E-state index >= 15 is 0 Å². The Morgan fingerprint density at radius 3 is 2.40 bits per heavy atom. The molecule has 0 radical (unpaired) electrons. The molecule has 0 fully saturated rings. The number of ether oxygens (including phenoxy) is 2. The van der Waals surface area contributed by atoms with E-state index in [0.717, 1.165) is 34.2 Å². The van der Waals surface area contributed by atoms with Crippen LogP contribution in [0.2, 0.25) is 0 Å². The van der Waals surface area contributed by atoms with E-state index in [1.165, 1.54) is 0 Å². The van der Waals surface area contributed by atoms with Crippen molar-refractivity contribution in [1.29, 1.82) is 0 Å². The number of hydrogen-bond donors (Lipinski definition) is 2. The Morgan fingerprint density at radius 2 is 1.71 bits per heavy atom. The molecule has 0 spiro atoms. The van der Waals surface area contributed by atoms with Gasteiger partial charge in [0.25, 0.3) is 5.91 Å². The molecule has 0 saturated heterocycles. The number of aliphatic hydroxyl groups is 1. The largest absolute Gasteiger partial charge is 0.459 e. The standard InChI is InChI=1S/C30H29NO4/c1-2-22-12-14-26(15-13-22)27-18-28(30(33)31-17-16-23-6-4-3-5-7-23)35-29(19-27)34-21-25-10-8-24(20-32)9-11-25/h1,3-15,18,27,29,32H,16-17,19-21H2,(H,31,33)/t27-,29+/m1/s1. The first-order valence-electron chi connectivity index (χ1n) is 11.7. The maximum Gasteiger partial charge on any atom is 0.286 e. The lowest BCUT2D eigenvalue weighted by Crippen LogP contribution is -2.33. The van der Waals surface area contributed by atoms with Gasteiger partial charge in [0, 0.05) is 24.4 Å². The van der Waals surface area contributed by atoms with Crippen molar-refractivity contribution in [1.82, 2.24) is 5.32 Å². The lowest BCUT2D eigenvalue weighted by atomic mass is 9.92. The predicted octanol–water partition coefficient (Wildman–Crippen LogP) is 4.45. The molecule has 2 atom stereocenters. The normalized spacial score (nSPS) is 17.1. The number of hydrogen-bond acceptors (Lipinski definition) is 4. The van der Waals surface area contributed by atoms with Gasteiger partial charge in [-0.1, -0.05) is 72.7 Å². The molecule has 1 heterocycles. The molecule has 3 aromatic rings. The first-order chi connectivity index (χ1) is 17.1. The van der Waals surface area contributed by atoms with E-state index in [1.54, 1.807) is 0 Å². The third kappa shape index (κ3) is 6.83. The van der Waals surface area contributed by atoms with Gasteiger partial charge in [-0.05, 0) is 46.9 Å². The van der Waals surface area contributed by atoms with Gasteiger partial charge in [-0.3, -0.25) is 4.79 Å². The van der Waals surface area contributed by atoms with Gasteiger partial charge in [0.15, 0.2) is 5.76 Å². The quantitative estimate of drug-likeness (QED) is 0.457. The summed E-state index contributed by atoms with van der Waals surface area (Å²) in [6.07, 6.45) is 8.09. The monoisotopic (exact) mass is 467 g/mol. The van der Waals surface area contributed by atoms with Crippen LogP contribution in [0.15, 0.2) is 90.7 Å². The lowest BCUT2D eigenvalue weighted by molar-refractivity contribution is -0.150. The Kier molecular flexibility index (Phi) is 8.34. The molecule has 0 aromatic heterocycles. The van der Waals surface area contributed by atoms with Gasteiger partial charge in [-0.25, -0.2) is 0 Å². The van der Waals surface area contributed by atoms with Gasteiger partial charge in [0.05, 0.1) is 13.2 Å². The summed E-state index contributed by atoms with van der Waals surface area (Å²) in [5.41, 5.74) is 4.82. The number of aliphatic hydroxyl groups excluding tert-OH is 1. The average Bonchev–Trinajstić information content (AvgIpc) is 2.92. The van der Waals surface area contributed by atoms with E-state index in [0.29, 0.717) is 19.6 Å². The van der Waals surface area contributed by atoms with Gasteiger partial charge >= 0.3 is 0 Å². The van der Waals surface area contributed by atoms with Crippen molar-refractivity contribution >= 4 is 5.91 Å². The van der Waals surface area contributed by atoms with Gasteiger partial charge in [0.1, 0.15) is 0 Å². The number of nitrogens with one attached hydrogen (secondary N) is 1. The van der Waals surface area contributed by atoms with E-state index in [1.807, 2.05) is 84.9 Å². The zero-order valence-electron chi connectivity index (χ0n) is 19.5. The maximum atomic E-state index is 12.9. The highest BCUT2D eigenvalue weighted by atomic mass is 16.7. The Hall–Kier alpha value is -3.85. The van der Waals surface area contributed by atoms with Crippen LogP contribution < -0.4 is 5.32 Å². The van der Waals surface area contributed by atoms with Crippen LogP contribution in [0.3, 0.4) is 0 Å². The van der Waals surface area contributed by atoms with E-state index in [2.05, 4.69) is 11.2 Å². The second kappa shape index (κ2) is 12.0. The van der Waals surface area contributed by atoms with Gasteiger partial charge in [-0.2, -0.15) is 0 Å². The number of rotatable bonds is 9. The van der Waals surface area contributed by atoms with E-state index in [-0.39, 0.29) is 24.2 Å². The molecule has 35 heavy (non-hydrogen) atoms. The molecule has 5 heteroatoms. The summed E-state index contributed by atoms with van der Waals surface area (Å²) >= 11 is 0. The minimum Gasteiger partial charge on any atom is -0.459 e. The number of benzene rings is 3.